The maximum atomic E-state index is 12.3. The van der Waals surface area contributed by atoms with Crippen LogP contribution in [0.5, 0.6) is 0 Å². The SMILES string of the molecule is O=C1Nc2cnc(Cl)nc2NC12CCCCCC2. The molecule has 0 saturated heterocycles. The Morgan fingerprint density at radius 2 is 1.94 bits per heavy atom. The molecular formula is C12H15ClN4O. The first kappa shape index (κ1) is 11.7. The summed E-state index contributed by atoms with van der Waals surface area (Å²) in [6.45, 7) is 0. The number of hydrogen-bond donors (Lipinski definition) is 2. The quantitative estimate of drug-likeness (QED) is 0.709. The Morgan fingerprint density at radius 1 is 1.22 bits per heavy atom. The predicted molar refractivity (Wildman–Crippen MR) is 69.7 cm³/mol. The fourth-order valence-electron chi connectivity index (χ4n) is 2.76. The summed E-state index contributed by atoms with van der Waals surface area (Å²) in [6, 6.07) is 0. The molecule has 0 radical (unpaired) electrons. The lowest BCUT2D eigenvalue weighted by Gasteiger charge is -2.37. The third-order valence-corrected chi connectivity index (χ3v) is 3.94. The summed E-state index contributed by atoms with van der Waals surface area (Å²) >= 11 is 5.80. The number of carbonyl (C=O) groups excluding carboxylic acids is 1. The Labute approximate surface area is 110 Å². The minimum Gasteiger partial charge on any atom is -0.354 e. The number of hydrogen-bond acceptors (Lipinski definition) is 4. The van der Waals surface area contributed by atoms with Crippen molar-refractivity contribution in [1.29, 1.82) is 0 Å². The van der Waals surface area contributed by atoms with Crippen molar-refractivity contribution in [3.05, 3.63) is 11.5 Å². The van der Waals surface area contributed by atoms with Crippen molar-refractivity contribution in [3.8, 4) is 0 Å². The van der Waals surface area contributed by atoms with Gasteiger partial charge in [0.25, 0.3) is 0 Å². The van der Waals surface area contributed by atoms with Crippen LogP contribution in [-0.2, 0) is 4.79 Å². The molecule has 2 heterocycles. The van der Waals surface area contributed by atoms with Gasteiger partial charge < -0.3 is 10.6 Å². The Hall–Kier alpha value is -1.36. The lowest BCUT2D eigenvalue weighted by molar-refractivity contribution is -0.121. The molecule has 5 nitrogen and oxygen atoms in total. The number of fused-ring (bicyclic) bond motifs is 1. The molecule has 96 valence electrons. The third kappa shape index (κ3) is 1.92. The molecule has 1 saturated carbocycles. The normalized spacial score (nSPS) is 21.7. The number of aromatic nitrogens is 2. The van der Waals surface area contributed by atoms with Crippen LogP contribution in [0.1, 0.15) is 38.5 Å². The summed E-state index contributed by atoms with van der Waals surface area (Å²) in [5, 5.41) is 6.38. The van der Waals surface area contributed by atoms with Gasteiger partial charge in [0.1, 0.15) is 11.2 Å². The molecule has 6 heteroatoms. The first-order valence-corrected chi connectivity index (χ1v) is 6.70. The zero-order valence-corrected chi connectivity index (χ0v) is 10.8. The van der Waals surface area contributed by atoms with E-state index in [1.807, 2.05) is 0 Å². The number of anilines is 2. The molecule has 0 unspecified atom stereocenters. The molecule has 0 aromatic carbocycles. The van der Waals surface area contributed by atoms with Crippen LogP contribution < -0.4 is 10.6 Å². The van der Waals surface area contributed by atoms with Crippen LogP contribution in [0.2, 0.25) is 5.28 Å². The van der Waals surface area contributed by atoms with Crippen molar-refractivity contribution in [2.75, 3.05) is 10.6 Å². The second kappa shape index (κ2) is 4.39. The molecule has 3 rings (SSSR count). The Balaban J connectivity index is 1.96. The van der Waals surface area contributed by atoms with E-state index in [9.17, 15) is 4.79 Å². The van der Waals surface area contributed by atoms with E-state index in [2.05, 4.69) is 20.6 Å². The average Bonchev–Trinajstić information content (AvgIpc) is 2.58. The predicted octanol–water partition coefficient (Wildman–Crippen LogP) is 2.59. The van der Waals surface area contributed by atoms with Crippen molar-refractivity contribution in [1.82, 2.24) is 9.97 Å². The zero-order chi connectivity index (χ0) is 12.6. The molecule has 1 aliphatic carbocycles. The van der Waals surface area contributed by atoms with Crippen LogP contribution in [0.25, 0.3) is 0 Å². The maximum Gasteiger partial charge on any atom is 0.250 e. The molecule has 0 bridgehead atoms. The van der Waals surface area contributed by atoms with Crippen LogP contribution in [-0.4, -0.2) is 21.4 Å². The largest absolute Gasteiger partial charge is 0.354 e. The summed E-state index contributed by atoms with van der Waals surface area (Å²) in [6.07, 6.45) is 7.74. The minimum atomic E-state index is -0.513. The molecule has 1 fully saturated rings. The zero-order valence-electron chi connectivity index (χ0n) is 10.0. The highest BCUT2D eigenvalue weighted by Crippen LogP contribution is 2.37. The van der Waals surface area contributed by atoms with Crippen LogP contribution in [0.3, 0.4) is 0 Å². The van der Waals surface area contributed by atoms with Crippen molar-refractivity contribution in [2.45, 2.75) is 44.1 Å². The molecule has 1 aliphatic heterocycles. The van der Waals surface area contributed by atoms with Crippen molar-refractivity contribution < 1.29 is 4.79 Å². The number of amides is 1. The van der Waals surface area contributed by atoms with Gasteiger partial charge in [-0.25, -0.2) is 4.98 Å². The molecule has 1 aromatic heterocycles. The van der Waals surface area contributed by atoms with Crippen molar-refractivity contribution >= 4 is 29.0 Å². The van der Waals surface area contributed by atoms with E-state index in [-0.39, 0.29) is 11.2 Å². The van der Waals surface area contributed by atoms with Gasteiger partial charge in [0, 0.05) is 0 Å². The Kier molecular flexibility index (Phi) is 2.86. The van der Waals surface area contributed by atoms with Gasteiger partial charge in [-0.15, -0.1) is 0 Å². The van der Waals surface area contributed by atoms with Gasteiger partial charge in [0.15, 0.2) is 5.82 Å². The van der Waals surface area contributed by atoms with Crippen LogP contribution in [0, 0.1) is 0 Å². The van der Waals surface area contributed by atoms with Gasteiger partial charge >= 0.3 is 0 Å². The summed E-state index contributed by atoms with van der Waals surface area (Å²) in [7, 11) is 0. The highest BCUT2D eigenvalue weighted by molar-refractivity contribution is 6.28. The number of rotatable bonds is 0. The van der Waals surface area contributed by atoms with E-state index in [1.54, 1.807) is 6.20 Å². The third-order valence-electron chi connectivity index (χ3n) is 3.76. The number of halogens is 1. The summed E-state index contributed by atoms with van der Waals surface area (Å²) in [4.78, 5) is 20.3. The molecule has 0 atom stereocenters. The second-order valence-corrected chi connectivity index (χ2v) is 5.31. The highest BCUT2D eigenvalue weighted by Gasteiger charge is 2.42. The molecule has 2 N–H and O–H groups in total. The molecule has 2 aliphatic rings. The molecule has 1 aromatic rings. The average molecular weight is 267 g/mol. The van der Waals surface area contributed by atoms with Crippen molar-refractivity contribution in [2.24, 2.45) is 0 Å². The van der Waals surface area contributed by atoms with E-state index >= 15 is 0 Å². The van der Waals surface area contributed by atoms with Gasteiger partial charge in [-0.3, -0.25) is 4.79 Å². The van der Waals surface area contributed by atoms with Crippen LogP contribution in [0.4, 0.5) is 11.5 Å². The molecule has 18 heavy (non-hydrogen) atoms. The lowest BCUT2D eigenvalue weighted by Crippen LogP contribution is -2.52. The number of carbonyl (C=O) groups is 1. The lowest BCUT2D eigenvalue weighted by atomic mass is 9.87. The number of nitrogens with zero attached hydrogens (tertiary/aromatic N) is 2. The summed E-state index contributed by atoms with van der Waals surface area (Å²) < 4.78 is 0. The van der Waals surface area contributed by atoms with Gasteiger partial charge in [-0.1, -0.05) is 25.7 Å². The summed E-state index contributed by atoms with van der Waals surface area (Å²) in [5.41, 5.74) is 0.0977. The standard InChI is InChI=1S/C12H15ClN4O/c13-11-14-7-8-9(16-11)17-12(10(18)15-8)5-3-1-2-4-6-12/h7H,1-6H2,(H,15,18)(H,14,16,17). The molecule has 1 amide bonds. The second-order valence-electron chi connectivity index (χ2n) is 4.98. The monoisotopic (exact) mass is 266 g/mol. The summed E-state index contributed by atoms with van der Waals surface area (Å²) in [5.74, 6) is 0.666. The smallest absolute Gasteiger partial charge is 0.250 e. The van der Waals surface area contributed by atoms with Crippen molar-refractivity contribution in [3.63, 3.8) is 0 Å². The molecule has 1 spiro atoms. The van der Waals surface area contributed by atoms with E-state index in [1.165, 1.54) is 12.8 Å². The van der Waals surface area contributed by atoms with E-state index in [4.69, 9.17) is 11.6 Å². The Morgan fingerprint density at radius 3 is 2.67 bits per heavy atom. The Bertz CT molecular complexity index is 483. The van der Waals surface area contributed by atoms with Gasteiger partial charge in [-0.05, 0) is 24.4 Å². The van der Waals surface area contributed by atoms with Gasteiger partial charge in [0.2, 0.25) is 11.2 Å². The fourth-order valence-corrected chi connectivity index (χ4v) is 2.89. The topological polar surface area (TPSA) is 66.9 Å². The van der Waals surface area contributed by atoms with E-state index < -0.39 is 5.54 Å². The molecular weight excluding hydrogens is 252 g/mol. The van der Waals surface area contributed by atoms with Crippen LogP contribution >= 0.6 is 11.6 Å². The first-order valence-electron chi connectivity index (χ1n) is 6.32. The van der Waals surface area contributed by atoms with Gasteiger partial charge in [0.05, 0.1) is 6.20 Å². The maximum absolute atomic E-state index is 12.3. The fraction of sp³-hybridized carbons (Fsp3) is 0.583. The van der Waals surface area contributed by atoms with Gasteiger partial charge in [-0.2, -0.15) is 4.98 Å². The first-order chi connectivity index (χ1) is 8.70. The minimum absolute atomic E-state index is 0.0304. The van der Waals surface area contributed by atoms with E-state index in [0.717, 1.165) is 25.7 Å². The highest BCUT2D eigenvalue weighted by atomic mass is 35.5. The van der Waals surface area contributed by atoms with E-state index in [0.29, 0.717) is 11.5 Å². The van der Waals surface area contributed by atoms with Crippen LogP contribution in [0.15, 0.2) is 6.20 Å². The number of nitrogens with one attached hydrogen (secondary N) is 2.